The fourth-order valence-electron chi connectivity index (χ4n) is 4.48. The van der Waals surface area contributed by atoms with Crippen LogP contribution in [0.5, 0.6) is 0 Å². The summed E-state index contributed by atoms with van der Waals surface area (Å²) in [4.78, 5) is 24.1. The molecule has 0 aliphatic carbocycles. The molecule has 1 amide bonds. The quantitative estimate of drug-likeness (QED) is 0.247. The van der Waals surface area contributed by atoms with E-state index in [1.54, 1.807) is 0 Å². The van der Waals surface area contributed by atoms with E-state index in [4.69, 9.17) is 15.6 Å². The Labute approximate surface area is 246 Å². The lowest BCUT2D eigenvalue weighted by Crippen LogP contribution is -2.44. The van der Waals surface area contributed by atoms with Gasteiger partial charge in [-0.15, -0.1) is 0 Å². The van der Waals surface area contributed by atoms with Crippen LogP contribution in [0.25, 0.3) is 11.1 Å². The van der Waals surface area contributed by atoms with Crippen molar-refractivity contribution < 1.29 is 36.6 Å². The third-order valence-electron chi connectivity index (χ3n) is 6.21. The van der Waals surface area contributed by atoms with Gasteiger partial charge >= 0.3 is 12.1 Å². The second kappa shape index (κ2) is 15.2. The van der Waals surface area contributed by atoms with Crippen molar-refractivity contribution in [1.29, 1.82) is 0 Å². The Bertz CT molecular complexity index is 1320. The molecule has 0 bridgehead atoms. The van der Waals surface area contributed by atoms with E-state index in [0.717, 1.165) is 23.4 Å². The first-order valence-electron chi connectivity index (χ1n) is 13.1. The molecule has 0 saturated heterocycles. The molecule has 3 aromatic rings. The van der Waals surface area contributed by atoms with E-state index in [1.807, 2.05) is 53.8 Å². The SMILES string of the molecule is CSCC(=O)N(CCCN)[C@@H](c1cc(-c2cc(F)ccc2F)cn1Cc1ccccc1)C(C)(C)C.O=C(O)C(F)(F)F. The van der Waals surface area contributed by atoms with Gasteiger partial charge in [0.25, 0.3) is 0 Å². The minimum Gasteiger partial charge on any atom is -0.475 e. The number of amides is 1. The van der Waals surface area contributed by atoms with Crippen molar-refractivity contribution in [2.24, 2.45) is 11.1 Å². The number of thioether (sulfide) groups is 1. The first kappa shape index (κ1) is 34.8. The van der Waals surface area contributed by atoms with Gasteiger partial charge < -0.3 is 20.3 Å². The minimum atomic E-state index is -5.08. The fourth-order valence-corrected chi connectivity index (χ4v) is 4.89. The zero-order chi connectivity index (χ0) is 31.7. The van der Waals surface area contributed by atoms with E-state index in [2.05, 4.69) is 25.3 Å². The third-order valence-corrected chi connectivity index (χ3v) is 6.75. The molecular formula is C30H36F5N3O3S. The number of aromatic nitrogens is 1. The number of hydrogen-bond acceptors (Lipinski definition) is 4. The summed E-state index contributed by atoms with van der Waals surface area (Å²) in [6.07, 6.45) is -0.634. The van der Waals surface area contributed by atoms with Gasteiger partial charge in [-0.2, -0.15) is 24.9 Å². The second-order valence-electron chi connectivity index (χ2n) is 10.6. The van der Waals surface area contributed by atoms with Gasteiger partial charge in [0, 0.05) is 36.1 Å². The Morgan fingerprint density at radius 2 is 1.67 bits per heavy atom. The highest BCUT2D eigenvalue weighted by molar-refractivity contribution is 7.99. The highest BCUT2D eigenvalue weighted by atomic mass is 32.2. The number of alkyl halides is 3. The third kappa shape index (κ3) is 9.87. The largest absolute Gasteiger partial charge is 0.490 e. The number of benzene rings is 2. The number of carbonyl (C=O) groups is 2. The summed E-state index contributed by atoms with van der Waals surface area (Å²) < 4.78 is 62.6. The van der Waals surface area contributed by atoms with E-state index in [9.17, 15) is 26.7 Å². The van der Waals surface area contributed by atoms with E-state index in [0.29, 0.717) is 37.4 Å². The van der Waals surface area contributed by atoms with Gasteiger partial charge in [-0.05, 0) is 54.5 Å². The van der Waals surface area contributed by atoms with Crippen molar-refractivity contribution in [2.45, 2.75) is 46.0 Å². The second-order valence-corrected chi connectivity index (χ2v) is 11.5. The highest BCUT2D eigenvalue weighted by Gasteiger charge is 2.38. The molecule has 1 aromatic heterocycles. The van der Waals surface area contributed by atoms with Gasteiger partial charge in [0.05, 0.1) is 11.8 Å². The van der Waals surface area contributed by atoms with Crippen molar-refractivity contribution in [3.8, 4) is 11.1 Å². The zero-order valence-electron chi connectivity index (χ0n) is 23.9. The van der Waals surface area contributed by atoms with E-state index in [-0.39, 0.29) is 22.9 Å². The molecule has 0 fully saturated rings. The summed E-state index contributed by atoms with van der Waals surface area (Å²) in [5.41, 5.74) is 8.23. The molecule has 2 aromatic carbocycles. The molecular weight excluding hydrogens is 577 g/mol. The normalized spacial score (nSPS) is 12.3. The molecule has 3 rings (SSSR count). The number of halogens is 5. The van der Waals surface area contributed by atoms with Gasteiger partial charge in [0.2, 0.25) is 5.91 Å². The molecule has 0 spiro atoms. The van der Waals surface area contributed by atoms with Crippen LogP contribution in [0, 0.1) is 17.0 Å². The molecule has 3 N–H and O–H groups in total. The van der Waals surface area contributed by atoms with Crippen LogP contribution in [0.2, 0.25) is 0 Å². The van der Waals surface area contributed by atoms with Crippen LogP contribution in [0.15, 0.2) is 60.8 Å². The minimum absolute atomic E-state index is 0.0387. The van der Waals surface area contributed by atoms with Crippen molar-refractivity contribution in [1.82, 2.24) is 9.47 Å². The monoisotopic (exact) mass is 613 g/mol. The number of carboxylic acids is 1. The Morgan fingerprint density at radius 1 is 1.05 bits per heavy atom. The van der Waals surface area contributed by atoms with Gasteiger partial charge in [-0.3, -0.25) is 4.79 Å². The number of nitrogens with zero attached hydrogens (tertiary/aromatic N) is 2. The molecule has 230 valence electrons. The Morgan fingerprint density at radius 3 is 2.19 bits per heavy atom. The summed E-state index contributed by atoms with van der Waals surface area (Å²) >= 11 is 1.49. The number of carboxylic acid groups (broad SMARTS) is 1. The molecule has 0 saturated carbocycles. The Balaban J connectivity index is 0.000000782. The van der Waals surface area contributed by atoms with Crippen LogP contribution in [0.1, 0.15) is 44.5 Å². The predicted octanol–water partition coefficient (Wildman–Crippen LogP) is 6.74. The van der Waals surface area contributed by atoms with Gasteiger partial charge in [0.1, 0.15) is 11.6 Å². The molecule has 42 heavy (non-hydrogen) atoms. The summed E-state index contributed by atoms with van der Waals surface area (Å²) in [5.74, 6) is -3.34. The average molecular weight is 614 g/mol. The van der Waals surface area contributed by atoms with Gasteiger partial charge in [0.15, 0.2) is 0 Å². The standard InChI is InChI=1S/C28H35F2N3OS.C2HF3O2/c1-28(2,3)27(33(14-8-13-31)26(34)19-35-4)25-15-21(23-16-22(29)11-12-24(23)30)18-32(25)17-20-9-6-5-7-10-20;3-2(4,5)1(6)7/h5-7,9-12,15-16,18,27H,8,13-14,17,19,31H2,1-4H3;(H,6,7)/t27-;/m0./s1. The first-order chi connectivity index (χ1) is 19.6. The summed E-state index contributed by atoms with van der Waals surface area (Å²) in [6.45, 7) is 7.84. The fraction of sp³-hybridized carbons (Fsp3) is 0.400. The zero-order valence-corrected chi connectivity index (χ0v) is 24.7. The lowest BCUT2D eigenvalue weighted by Gasteiger charge is -2.41. The Kier molecular flexibility index (Phi) is 12.6. The smallest absolute Gasteiger partial charge is 0.475 e. The summed E-state index contributed by atoms with van der Waals surface area (Å²) in [5, 5.41) is 7.12. The molecule has 0 radical (unpaired) electrons. The maximum Gasteiger partial charge on any atom is 0.490 e. The number of aliphatic carboxylic acids is 1. The van der Waals surface area contributed by atoms with Crippen molar-refractivity contribution in [3.05, 3.63) is 83.7 Å². The van der Waals surface area contributed by atoms with Crippen LogP contribution in [0.4, 0.5) is 22.0 Å². The molecule has 0 aliphatic rings. The van der Waals surface area contributed by atoms with Crippen LogP contribution >= 0.6 is 11.8 Å². The molecule has 1 heterocycles. The maximum atomic E-state index is 14.8. The van der Waals surface area contributed by atoms with Crippen molar-refractivity contribution in [2.75, 3.05) is 25.1 Å². The van der Waals surface area contributed by atoms with Gasteiger partial charge in [-0.25, -0.2) is 13.6 Å². The lowest BCUT2D eigenvalue weighted by atomic mass is 9.83. The molecule has 12 heteroatoms. The predicted molar refractivity (Wildman–Crippen MR) is 155 cm³/mol. The maximum absolute atomic E-state index is 14.8. The number of nitrogens with two attached hydrogens (primary N) is 1. The van der Waals surface area contributed by atoms with Crippen molar-refractivity contribution in [3.63, 3.8) is 0 Å². The summed E-state index contributed by atoms with van der Waals surface area (Å²) in [6, 6.07) is 15.1. The van der Waals surface area contributed by atoms with E-state index < -0.39 is 23.8 Å². The highest BCUT2D eigenvalue weighted by Crippen LogP contribution is 2.41. The first-order valence-corrected chi connectivity index (χ1v) is 14.5. The van der Waals surface area contributed by atoms with Crippen molar-refractivity contribution >= 4 is 23.6 Å². The molecule has 1 atom stereocenters. The molecule has 0 aliphatic heterocycles. The van der Waals surface area contributed by atoms with Crippen LogP contribution < -0.4 is 5.73 Å². The Hall–Kier alpha value is -3.38. The molecule has 6 nitrogen and oxygen atoms in total. The summed E-state index contributed by atoms with van der Waals surface area (Å²) in [7, 11) is 0. The van der Waals surface area contributed by atoms with Crippen LogP contribution in [0.3, 0.4) is 0 Å². The van der Waals surface area contributed by atoms with E-state index in [1.165, 1.54) is 17.8 Å². The molecule has 0 unspecified atom stereocenters. The number of rotatable bonds is 10. The lowest BCUT2D eigenvalue weighted by molar-refractivity contribution is -0.192. The van der Waals surface area contributed by atoms with Gasteiger partial charge in [-0.1, -0.05) is 51.1 Å². The number of carbonyl (C=O) groups excluding carboxylic acids is 1. The van der Waals surface area contributed by atoms with Crippen LogP contribution in [-0.2, 0) is 16.1 Å². The van der Waals surface area contributed by atoms with Crippen LogP contribution in [-0.4, -0.2) is 57.7 Å². The van der Waals surface area contributed by atoms with E-state index >= 15 is 0 Å². The topological polar surface area (TPSA) is 88.6 Å². The average Bonchev–Trinajstić information content (AvgIpc) is 3.30. The number of hydrogen-bond donors (Lipinski definition) is 2.